The molecule has 1 N–H and O–H groups in total. The van der Waals surface area contributed by atoms with Crippen molar-refractivity contribution in [3.05, 3.63) is 50.4 Å². The highest BCUT2D eigenvalue weighted by atomic mass is 79.9. The summed E-state index contributed by atoms with van der Waals surface area (Å²) in [5, 5.41) is 4.64. The van der Waals surface area contributed by atoms with E-state index in [4.69, 9.17) is 0 Å². The molecule has 0 fully saturated rings. The van der Waals surface area contributed by atoms with Crippen LogP contribution in [0.25, 0.3) is 0 Å². The number of aromatic nitrogens is 1. The van der Waals surface area contributed by atoms with Crippen LogP contribution < -0.4 is 5.32 Å². The van der Waals surface area contributed by atoms with Crippen molar-refractivity contribution in [1.82, 2.24) is 15.2 Å². The Morgan fingerprint density at radius 1 is 1.41 bits per heavy atom. The first kappa shape index (κ1) is 17.0. The van der Waals surface area contributed by atoms with E-state index >= 15 is 0 Å². The number of amides is 1. The van der Waals surface area contributed by atoms with Crippen LogP contribution >= 0.6 is 27.3 Å². The van der Waals surface area contributed by atoms with Gasteiger partial charge in [0.1, 0.15) is 16.2 Å². The number of nitrogens with zero attached hydrogens (tertiary/aromatic N) is 2. The normalized spacial score (nSPS) is 12.5. The van der Waals surface area contributed by atoms with Gasteiger partial charge in [-0.1, -0.05) is 6.07 Å². The molecule has 0 spiro atoms. The number of hydrogen-bond donors (Lipinski definition) is 1. The van der Waals surface area contributed by atoms with Gasteiger partial charge in [-0.15, -0.1) is 11.3 Å². The molecule has 0 saturated heterocycles. The van der Waals surface area contributed by atoms with Gasteiger partial charge < -0.3 is 10.2 Å². The van der Waals surface area contributed by atoms with Crippen LogP contribution in [0.1, 0.15) is 21.4 Å². The first-order valence-electron chi connectivity index (χ1n) is 6.39. The Morgan fingerprint density at radius 3 is 2.55 bits per heavy atom. The Bertz CT molecular complexity index is 658. The van der Waals surface area contributed by atoms with Crippen molar-refractivity contribution < 1.29 is 13.6 Å². The van der Waals surface area contributed by atoms with Gasteiger partial charge in [-0.3, -0.25) is 4.79 Å². The fourth-order valence-corrected chi connectivity index (χ4v) is 3.16. The fraction of sp³-hybridized carbons (Fsp3) is 0.286. The average Bonchev–Trinajstić information content (AvgIpc) is 2.88. The lowest BCUT2D eigenvalue weighted by Crippen LogP contribution is -2.35. The largest absolute Gasteiger partial charge is 0.348 e. The number of halogens is 3. The Kier molecular flexibility index (Phi) is 5.60. The van der Waals surface area contributed by atoms with Crippen molar-refractivity contribution in [1.29, 1.82) is 0 Å². The monoisotopic (exact) mass is 389 g/mol. The second kappa shape index (κ2) is 7.26. The molecule has 0 bridgehead atoms. The molecule has 0 aliphatic carbocycles. The molecule has 2 aromatic rings. The fourth-order valence-electron chi connectivity index (χ4n) is 2.00. The molecule has 1 aromatic carbocycles. The van der Waals surface area contributed by atoms with Crippen LogP contribution in [0, 0.1) is 11.6 Å². The van der Waals surface area contributed by atoms with Crippen molar-refractivity contribution in [2.75, 3.05) is 20.6 Å². The summed E-state index contributed by atoms with van der Waals surface area (Å²) in [5.74, 6) is -1.64. The van der Waals surface area contributed by atoms with Crippen molar-refractivity contribution >= 4 is 33.2 Å². The van der Waals surface area contributed by atoms with E-state index in [1.54, 1.807) is 24.4 Å². The third kappa shape index (κ3) is 3.88. The average molecular weight is 390 g/mol. The molecule has 8 heteroatoms. The first-order valence-corrected chi connectivity index (χ1v) is 8.07. The first-order chi connectivity index (χ1) is 10.4. The van der Waals surface area contributed by atoms with Crippen molar-refractivity contribution in [2.24, 2.45) is 0 Å². The summed E-state index contributed by atoms with van der Waals surface area (Å²) in [6.45, 7) is 0.0703. The molecule has 22 heavy (non-hydrogen) atoms. The molecule has 1 atom stereocenters. The number of nitrogens with one attached hydrogen (secondary N) is 1. The van der Waals surface area contributed by atoms with E-state index in [9.17, 15) is 13.6 Å². The maximum Gasteiger partial charge on any atom is 0.280 e. The standard InChI is InChI=1S/C14H14BrF2N3OS/c1-20(2)10(12-8(16)4-3-5-9(12)17)6-18-13(21)14-19-11(15)7-22-14/h3-5,7,10H,6H2,1-2H3,(H,18,21). The van der Waals surface area contributed by atoms with Gasteiger partial charge >= 0.3 is 0 Å². The summed E-state index contributed by atoms with van der Waals surface area (Å²) in [6.07, 6.45) is 0. The van der Waals surface area contributed by atoms with Gasteiger partial charge in [0.05, 0.1) is 6.04 Å². The molecule has 1 unspecified atom stereocenters. The van der Waals surface area contributed by atoms with Crippen LogP contribution in [0.15, 0.2) is 28.2 Å². The van der Waals surface area contributed by atoms with E-state index < -0.39 is 17.7 Å². The number of hydrogen-bond acceptors (Lipinski definition) is 4. The predicted molar refractivity (Wildman–Crippen MR) is 84.9 cm³/mol. The van der Waals surface area contributed by atoms with E-state index in [2.05, 4.69) is 26.2 Å². The number of thiazole rings is 1. The molecule has 1 amide bonds. The minimum Gasteiger partial charge on any atom is -0.348 e. The summed E-state index contributed by atoms with van der Waals surface area (Å²) >= 11 is 4.36. The van der Waals surface area contributed by atoms with E-state index in [1.807, 2.05) is 0 Å². The molecule has 4 nitrogen and oxygen atoms in total. The highest BCUT2D eigenvalue weighted by Crippen LogP contribution is 2.24. The molecule has 0 radical (unpaired) electrons. The second-order valence-electron chi connectivity index (χ2n) is 4.80. The third-order valence-corrected chi connectivity index (χ3v) is 4.63. The highest BCUT2D eigenvalue weighted by molar-refractivity contribution is 9.10. The summed E-state index contributed by atoms with van der Waals surface area (Å²) in [6, 6.07) is 3.10. The molecule has 0 saturated carbocycles. The van der Waals surface area contributed by atoms with Crippen LogP contribution in [-0.4, -0.2) is 36.4 Å². The van der Waals surface area contributed by atoms with Crippen LogP contribution in [0.5, 0.6) is 0 Å². The molecule has 1 aromatic heterocycles. The number of likely N-dealkylation sites (N-methyl/N-ethyl adjacent to an activating group) is 1. The maximum atomic E-state index is 13.9. The van der Waals surface area contributed by atoms with Gasteiger partial charge in [0.15, 0.2) is 5.01 Å². The van der Waals surface area contributed by atoms with Crippen molar-refractivity contribution in [3.8, 4) is 0 Å². The van der Waals surface area contributed by atoms with Crippen LogP contribution in [0.4, 0.5) is 8.78 Å². The lowest BCUT2D eigenvalue weighted by Gasteiger charge is -2.25. The Morgan fingerprint density at radius 2 is 2.05 bits per heavy atom. The van der Waals surface area contributed by atoms with Crippen LogP contribution in [0.2, 0.25) is 0 Å². The quantitative estimate of drug-likeness (QED) is 0.853. The van der Waals surface area contributed by atoms with Crippen LogP contribution in [-0.2, 0) is 0 Å². The van der Waals surface area contributed by atoms with Crippen molar-refractivity contribution in [3.63, 3.8) is 0 Å². The number of carbonyl (C=O) groups excluding carboxylic acids is 1. The lowest BCUT2D eigenvalue weighted by atomic mass is 10.0. The smallest absolute Gasteiger partial charge is 0.280 e. The highest BCUT2D eigenvalue weighted by Gasteiger charge is 2.23. The lowest BCUT2D eigenvalue weighted by molar-refractivity contribution is 0.0940. The van der Waals surface area contributed by atoms with Gasteiger partial charge in [-0.2, -0.15) is 0 Å². The van der Waals surface area contributed by atoms with E-state index in [1.165, 1.54) is 29.5 Å². The zero-order valence-corrected chi connectivity index (χ0v) is 14.3. The predicted octanol–water partition coefficient (Wildman–Crippen LogP) is 3.22. The molecule has 118 valence electrons. The van der Waals surface area contributed by atoms with Gasteiger partial charge in [-0.25, -0.2) is 13.8 Å². The number of rotatable bonds is 5. The number of benzene rings is 1. The van der Waals surface area contributed by atoms with E-state index in [0.29, 0.717) is 9.61 Å². The Labute approximate surface area is 139 Å². The van der Waals surface area contributed by atoms with Crippen LogP contribution in [0.3, 0.4) is 0 Å². The summed E-state index contributed by atoms with van der Waals surface area (Å²) in [7, 11) is 3.39. The maximum absolute atomic E-state index is 13.9. The molecule has 0 aliphatic heterocycles. The molecule has 0 aliphatic rings. The van der Waals surface area contributed by atoms with E-state index in [-0.39, 0.29) is 18.0 Å². The molecule has 2 rings (SSSR count). The molecular formula is C14H14BrF2N3OS. The SMILES string of the molecule is CN(C)C(CNC(=O)c1nc(Br)cs1)c1c(F)cccc1F. The topological polar surface area (TPSA) is 45.2 Å². The Hall–Kier alpha value is -1.38. The van der Waals surface area contributed by atoms with Gasteiger partial charge in [0.2, 0.25) is 0 Å². The number of carbonyl (C=O) groups is 1. The molecular weight excluding hydrogens is 376 g/mol. The van der Waals surface area contributed by atoms with E-state index in [0.717, 1.165) is 0 Å². The zero-order valence-electron chi connectivity index (χ0n) is 11.9. The second-order valence-corrected chi connectivity index (χ2v) is 6.47. The summed E-state index contributed by atoms with van der Waals surface area (Å²) in [4.78, 5) is 17.7. The summed E-state index contributed by atoms with van der Waals surface area (Å²) in [5.41, 5.74) is -0.0619. The van der Waals surface area contributed by atoms with Crippen molar-refractivity contribution in [2.45, 2.75) is 6.04 Å². The van der Waals surface area contributed by atoms with Gasteiger partial charge in [0, 0.05) is 17.5 Å². The van der Waals surface area contributed by atoms with Gasteiger partial charge in [-0.05, 0) is 42.2 Å². The summed E-state index contributed by atoms with van der Waals surface area (Å²) < 4.78 is 28.4. The third-order valence-electron chi connectivity index (χ3n) is 3.08. The molecule has 1 heterocycles. The minimum absolute atomic E-state index is 0.0619. The van der Waals surface area contributed by atoms with Gasteiger partial charge in [0.25, 0.3) is 5.91 Å². The minimum atomic E-state index is -0.634. The Balaban J connectivity index is 2.15. The zero-order chi connectivity index (χ0) is 16.3.